The summed E-state index contributed by atoms with van der Waals surface area (Å²) >= 11 is 2.41. The van der Waals surface area contributed by atoms with Crippen molar-refractivity contribution in [1.82, 2.24) is 9.78 Å². The standard InChI is InChI=1S/C20H16N4O4S2/c1-11-14-9-15(30-19(14)24(23-11)12-5-3-2-4-6-12)20(27)28-10-16(25)22-18-13(17(21)26)7-8-29-18/h2-9H,10H2,1H3,(H2,21,26)(H,22,25). The number of primary amides is 1. The summed E-state index contributed by atoms with van der Waals surface area (Å²) in [6.45, 7) is 1.39. The van der Waals surface area contributed by atoms with Gasteiger partial charge in [0.05, 0.1) is 16.9 Å². The highest BCUT2D eigenvalue weighted by atomic mass is 32.1. The Kier molecular flexibility index (Phi) is 5.34. The summed E-state index contributed by atoms with van der Waals surface area (Å²) in [6.07, 6.45) is 0. The van der Waals surface area contributed by atoms with Crippen molar-refractivity contribution in [1.29, 1.82) is 0 Å². The number of carbonyl (C=O) groups excluding carboxylic acids is 3. The van der Waals surface area contributed by atoms with Gasteiger partial charge in [0.25, 0.3) is 11.8 Å². The number of nitrogens with zero attached hydrogens (tertiary/aromatic N) is 2. The van der Waals surface area contributed by atoms with E-state index in [9.17, 15) is 14.4 Å². The molecule has 3 aromatic heterocycles. The fourth-order valence-corrected chi connectivity index (χ4v) is 4.74. The van der Waals surface area contributed by atoms with Crippen molar-refractivity contribution >= 4 is 55.7 Å². The number of hydrogen-bond donors (Lipinski definition) is 2. The molecule has 3 N–H and O–H groups in total. The molecule has 0 radical (unpaired) electrons. The number of thiophene rings is 2. The first-order chi connectivity index (χ1) is 14.4. The molecule has 30 heavy (non-hydrogen) atoms. The molecule has 0 bridgehead atoms. The molecule has 4 aromatic rings. The summed E-state index contributed by atoms with van der Waals surface area (Å²) in [7, 11) is 0. The zero-order valence-corrected chi connectivity index (χ0v) is 17.4. The molecule has 0 atom stereocenters. The fraction of sp³-hybridized carbons (Fsp3) is 0.100. The Balaban J connectivity index is 1.47. The Morgan fingerprint density at radius 2 is 1.97 bits per heavy atom. The van der Waals surface area contributed by atoms with E-state index in [0.717, 1.165) is 32.9 Å². The zero-order chi connectivity index (χ0) is 21.3. The number of amides is 2. The van der Waals surface area contributed by atoms with Crippen LogP contribution in [0.1, 0.15) is 25.7 Å². The van der Waals surface area contributed by atoms with Gasteiger partial charge in [0, 0.05) is 5.39 Å². The summed E-state index contributed by atoms with van der Waals surface area (Å²) in [5.41, 5.74) is 7.14. The van der Waals surface area contributed by atoms with Crippen LogP contribution in [-0.2, 0) is 9.53 Å². The van der Waals surface area contributed by atoms with Crippen LogP contribution in [0, 0.1) is 6.92 Å². The zero-order valence-electron chi connectivity index (χ0n) is 15.7. The second-order valence-corrected chi connectivity index (χ2v) is 8.26. The maximum Gasteiger partial charge on any atom is 0.348 e. The van der Waals surface area contributed by atoms with Crippen molar-refractivity contribution in [2.75, 3.05) is 11.9 Å². The number of carbonyl (C=O) groups is 3. The summed E-state index contributed by atoms with van der Waals surface area (Å²) in [5.74, 6) is -1.80. The number of nitrogens with one attached hydrogen (secondary N) is 1. The summed E-state index contributed by atoms with van der Waals surface area (Å²) in [5, 5.41) is 9.88. The van der Waals surface area contributed by atoms with E-state index in [1.807, 2.05) is 37.3 Å². The van der Waals surface area contributed by atoms with E-state index in [-0.39, 0.29) is 5.56 Å². The van der Waals surface area contributed by atoms with Crippen LogP contribution >= 0.6 is 22.7 Å². The third kappa shape index (κ3) is 3.82. The maximum atomic E-state index is 12.5. The van der Waals surface area contributed by atoms with Gasteiger partial charge in [-0.05, 0) is 36.6 Å². The van der Waals surface area contributed by atoms with Crippen molar-refractivity contribution in [2.24, 2.45) is 5.73 Å². The van der Waals surface area contributed by atoms with Gasteiger partial charge >= 0.3 is 5.97 Å². The van der Waals surface area contributed by atoms with Crippen LogP contribution in [0.15, 0.2) is 47.8 Å². The topological polar surface area (TPSA) is 116 Å². The van der Waals surface area contributed by atoms with E-state index < -0.39 is 24.4 Å². The van der Waals surface area contributed by atoms with Gasteiger partial charge in [-0.3, -0.25) is 9.59 Å². The number of para-hydroxylation sites is 1. The second-order valence-electron chi connectivity index (χ2n) is 6.31. The molecule has 4 rings (SSSR count). The lowest BCUT2D eigenvalue weighted by Gasteiger charge is -2.05. The van der Waals surface area contributed by atoms with Crippen LogP contribution in [0.4, 0.5) is 5.00 Å². The molecule has 0 aliphatic rings. The van der Waals surface area contributed by atoms with Gasteiger partial charge in [0.15, 0.2) is 6.61 Å². The number of fused-ring (bicyclic) bond motifs is 1. The van der Waals surface area contributed by atoms with Crippen molar-refractivity contribution in [3.8, 4) is 5.69 Å². The number of rotatable bonds is 6. The largest absolute Gasteiger partial charge is 0.451 e. The molecule has 2 amide bonds. The van der Waals surface area contributed by atoms with E-state index in [2.05, 4.69) is 10.4 Å². The Bertz CT molecular complexity index is 1260. The number of hydrogen-bond acceptors (Lipinski definition) is 7. The third-order valence-corrected chi connectivity index (χ3v) is 6.19. The molecule has 10 heteroatoms. The SMILES string of the molecule is Cc1nn(-c2ccccc2)c2sc(C(=O)OCC(=O)Nc3sccc3C(N)=O)cc12. The van der Waals surface area contributed by atoms with E-state index in [4.69, 9.17) is 10.5 Å². The highest BCUT2D eigenvalue weighted by molar-refractivity contribution is 7.20. The normalized spacial score (nSPS) is 10.8. The first-order valence-electron chi connectivity index (χ1n) is 8.83. The average molecular weight is 441 g/mol. The van der Waals surface area contributed by atoms with Crippen LogP contribution in [0.5, 0.6) is 0 Å². The molecule has 3 heterocycles. The van der Waals surface area contributed by atoms with Gasteiger partial charge in [-0.2, -0.15) is 5.10 Å². The minimum absolute atomic E-state index is 0.213. The van der Waals surface area contributed by atoms with E-state index in [1.54, 1.807) is 16.1 Å². The monoisotopic (exact) mass is 440 g/mol. The van der Waals surface area contributed by atoms with E-state index in [0.29, 0.717) is 9.88 Å². The Hall–Kier alpha value is -3.50. The number of benzene rings is 1. The molecular weight excluding hydrogens is 424 g/mol. The van der Waals surface area contributed by atoms with Crippen LogP contribution in [-0.4, -0.2) is 34.2 Å². The molecule has 0 aliphatic heterocycles. The average Bonchev–Trinajstić information content (AvgIpc) is 3.44. The highest BCUT2D eigenvalue weighted by Gasteiger charge is 2.19. The second kappa shape index (κ2) is 8.09. The van der Waals surface area contributed by atoms with Crippen LogP contribution in [0.25, 0.3) is 15.9 Å². The molecule has 1 aromatic carbocycles. The first kappa shape index (κ1) is 19.8. The predicted molar refractivity (Wildman–Crippen MR) is 115 cm³/mol. The van der Waals surface area contributed by atoms with Crippen molar-refractivity contribution in [2.45, 2.75) is 6.92 Å². The molecule has 0 fully saturated rings. The third-order valence-electron chi connectivity index (χ3n) is 4.26. The minimum atomic E-state index is -0.642. The van der Waals surface area contributed by atoms with E-state index >= 15 is 0 Å². The van der Waals surface area contributed by atoms with Gasteiger partial charge < -0.3 is 15.8 Å². The van der Waals surface area contributed by atoms with Crippen LogP contribution in [0.3, 0.4) is 0 Å². The van der Waals surface area contributed by atoms with Crippen LogP contribution < -0.4 is 11.1 Å². The summed E-state index contributed by atoms with van der Waals surface area (Å²) in [6, 6.07) is 12.8. The lowest BCUT2D eigenvalue weighted by atomic mass is 10.3. The number of esters is 1. The summed E-state index contributed by atoms with van der Waals surface area (Å²) in [4.78, 5) is 37.1. The molecule has 0 unspecified atom stereocenters. The van der Waals surface area contributed by atoms with Crippen molar-refractivity contribution in [3.05, 3.63) is 64.0 Å². The van der Waals surface area contributed by atoms with Gasteiger partial charge in [0.2, 0.25) is 0 Å². The van der Waals surface area contributed by atoms with Crippen LogP contribution in [0.2, 0.25) is 0 Å². The van der Waals surface area contributed by atoms with Crippen molar-refractivity contribution < 1.29 is 19.1 Å². The Morgan fingerprint density at radius 3 is 2.70 bits per heavy atom. The first-order valence-corrected chi connectivity index (χ1v) is 10.5. The smallest absolute Gasteiger partial charge is 0.348 e. The molecule has 0 saturated carbocycles. The predicted octanol–water partition coefficient (Wildman–Crippen LogP) is 3.35. The van der Waals surface area contributed by atoms with Gasteiger partial charge in [-0.25, -0.2) is 9.48 Å². The number of anilines is 1. The Labute approximate surface area is 178 Å². The molecule has 0 aliphatic carbocycles. The lowest BCUT2D eigenvalue weighted by Crippen LogP contribution is -2.22. The minimum Gasteiger partial charge on any atom is -0.451 e. The lowest BCUT2D eigenvalue weighted by molar-refractivity contribution is -0.119. The Morgan fingerprint density at radius 1 is 1.20 bits per heavy atom. The number of nitrogens with two attached hydrogens (primary N) is 1. The molecule has 8 nitrogen and oxygen atoms in total. The van der Waals surface area contributed by atoms with Crippen molar-refractivity contribution in [3.63, 3.8) is 0 Å². The molecule has 0 spiro atoms. The van der Waals surface area contributed by atoms with Gasteiger partial charge in [-0.15, -0.1) is 22.7 Å². The van der Waals surface area contributed by atoms with E-state index in [1.165, 1.54) is 17.4 Å². The fourth-order valence-electron chi connectivity index (χ4n) is 2.86. The molecular formula is C20H16N4O4S2. The quantitative estimate of drug-likeness (QED) is 0.446. The molecule has 0 saturated heterocycles. The van der Waals surface area contributed by atoms with Gasteiger partial charge in [-0.1, -0.05) is 18.2 Å². The summed E-state index contributed by atoms with van der Waals surface area (Å²) < 4.78 is 6.92. The molecule has 152 valence electrons. The highest BCUT2D eigenvalue weighted by Crippen LogP contribution is 2.30. The number of aryl methyl sites for hydroxylation is 1. The number of aromatic nitrogens is 2. The van der Waals surface area contributed by atoms with Gasteiger partial charge in [0.1, 0.15) is 14.7 Å². The number of ether oxygens (including phenoxy) is 1. The maximum absolute atomic E-state index is 12.5.